The number of sulfonamides is 1. The second-order valence-corrected chi connectivity index (χ2v) is 8.72. The summed E-state index contributed by atoms with van der Waals surface area (Å²) in [5.41, 5.74) is 4.86. The van der Waals surface area contributed by atoms with Crippen molar-refractivity contribution in [3.8, 4) is 0 Å². The van der Waals surface area contributed by atoms with Crippen molar-refractivity contribution in [2.75, 3.05) is 22.4 Å². The molecule has 138 valence electrons. The van der Waals surface area contributed by atoms with E-state index in [4.69, 9.17) is 0 Å². The lowest BCUT2D eigenvalue weighted by molar-refractivity contribution is -0.116. The van der Waals surface area contributed by atoms with E-state index in [-0.39, 0.29) is 5.91 Å². The molecule has 1 heterocycles. The summed E-state index contributed by atoms with van der Waals surface area (Å²) in [4.78, 5) is 12.2. The molecular formula is C20H24N2O3S. The Hall–Kier alpha value is -2.34. The molecule has 26 heavy (non-hydrogen) atoms. The molecule has 1 amide bonds. The van der Waals surface area contributed by atoms with Crippen molar-refractivity contribution in [3.05, 3.63) is 59.2 Å². The predicted octanol–water partition coefficient (Wildman–Crippen LogP) is 3.28. The van der Waals surface area contributed by atoms with Gasteiger partial charge in [-0.15, -0.1) is 0 Å². The number of nitrogens with one attached hydrogen (secondary N) is 1. The minimum Gasteiger partial charge on any atom is -0.326 e. The Morgan fingerprint density at radius 1 is 1.15 bits per heavy atom. The zero-order valence-electron chi connectivity index (χ0n) is 15.2. The van der Waals surface area contributed by atoms with Crippen LogP contribution in [0.25, 0.3) is 0 Å². The molecule has 1 N–H and O–H groups in total. The Kier molecular flexibility index (Phi) is 5.32. The lowest BCUT2D eigenvalue weighted by atomic mass is 10.1. The standard InChI is InChI=1S/C20H24N2O3S/c1-15-6-8-16(9-7-15)4-3-5-20(23)21-18-10-11-19-17(14-18)12-13-22(19)26(2,24)25/h6-11,14H,3-5,12-13H2,1-2H3,(H,21,23). The van der Waals surface area contributed by atoms with Gasteiger partial charge in [0.05, 0.1) is 11.9 Å². The second-order valence-electron chi connectivity index (χ2n) is 6.82. The first-order chi connectivity index (χ1) is 12.3. The smallest absolute Gasteiger partial charge is 0.232 e. The number of carbonyl (C=O) groups excluding carboxylic acids is 1. The van der Waals surface area contributed by atoms with Crippen LogP contribution in [-0.2, 0) is 27.7 Å². The topological polar surface area (TPSA) is 66.5 Å². The fourth-order valence-corrected chi connectivity index (χ4v) is 4.18. The molecule has 0 spiro atoms. The minimum absolute atomic E-state index is 0.0185. The maximum absolute atomic E-state index is 12.2. The first kappa shape index (κ1) is 18.5. The van der Waals surface area contributed by atoms with E-state index in [0.717, 1.165) is 24.1 Å². The largest absolute Gasteiger partial charge is 0.326 e. The van der Waals surface area contributed by atoms with Crippen molar-refractivity contribution in [2.45, 2.75) is 32.6 Å². The summed E-state index contributed by atoms with van der Waals surface area (Å²) in [6, 6.07) is 13.8. The third kappa shape index (κ3) is 4.43. The third-order valence-corrected chi connectivity index (χ3v) is 5.79. The molecule has 0 radical (unpaired) electrons. The van der Waals surface area contributed by atoms with Gasteiger partial charge in [0.1, 0.15) is 0 Å². The van der Waals surface area contributed by atoms with Gasteiger partial charge in [0, 0.05) is 18.7 Å². The summed E-state index contributed by atoms with van der Waals surface area (Å²) in [7, 11) is -3.25. The summed E-state index contributed by atoms with van der Waals surface area (Å²) in [5.74, 6) is -0.0185. The molecule has 1 aliphatic heterocycles. The Morgan fingerprint density at radius 3 is 2.58 bits per heavy atom. The number of rotatable bonds is 6. The average Bonchev–Trinajstić information content (AvgIpc) is 3.00. The van der Waals surface area contributed by atoms with E-state index < -0.39 is 10.0 Å². The monoisotopic (exact) mass is 372 g/mol. The van der Waals surface area contributed by atoms with Gasteiger partial charge < -0.3 is 5.32 Å². The van der Waals surface area contributed by atoms with E-state index in [1.807, 2.05) is 6.07 Å². The zero-order chi connectivity index (χ0) is 18.7. The molecule has 0 aromatic heterocycles. The van der Waals surface area contributed by atoms with Crippen LogP contribution >= 0.6 is 0 Å². The van der Waals surface area contributed by atoms with E-state index in [2.05, 4.69) is 36.5 Å². The summed E-state index contributed by atoms with van der Waals surface area (Å²) < 4.78 is 25.0. The summed E-state index contributed by atoms with van der Waals surface area (Å²) in [6.07, 6.45) is 4.01. The maximum atomic E-state index is 12.2. The van der Waals surface area contributed by atoms with E-state index in [1.54, 1.807) is 12.1 Å². The highest BCUT2D eigenvalue weighted by atomic mass is 32.2. The number of amides is 1. The van der Waals surface area contributed by atoms with E-state index >= 15 is 0 Å². The number of hydrogen-bond acceptors (Lipinski definition) is 3. The van der Waals surface area contributed by atoms with Gasteiger partial charge in [0.15, 0.2) is 0 Å². The average molecular weight is 372 g/mol. The van der Waals surface area contributed by atoms with Crippen LogP contribution in [0, 0.1) is 6.92 Å². The van der Waals surface area contributed by atoms with E-state index in [1.165, 1.54) is 21.7 Å². The first-order valence-corrected chi connectivity index (χ1v) is 10.6. The normalized spacial score (nSPS) is 13.5. The highest BCUT2D eigenvalue weighted by molar-refractivity contribution is 7.92. The second kappa shape index (κ2) is 7.50. The molecule has 0 fully saturated rings. The van der Waals surface area contributed by atoms with Crippen LogP contribution in [0.15, 0.2) is 42.5 Å². The SMILES string of the molecule is Cc1ccc(CCCC(=O)Nc2ccc3c(c2)CCN3S(C)(=O)=O)cc1. The molecule has 2 aromatic rings. The molecule has 6 heteroatoms. The van der Waals surface area contributed by atoms with Crippen LogP contribution in [0.5, 0.6) is 0 Å². The molecule has 3 rings (SSSR count). The Balaban J connectivity index is 1.54. The van der Waals surface area contributed by atoms with Crippen molar-refractivity contribution in [2.24, 2.45) is 0 Å². The molecule has 0 atom stereocenters. The Morgan fingerprint density at radius 2 is 1.88 bits per heavy atom. The number of nitrogens with zero attached hydrogens (tertiary/aromatic N) is 1. The number of aryl methyl sites for hydroxylation is 2. The zero-order valence-corrected chi connectivity index (χ0v) is 16.0. The van der Waals surface area contributed by atoms with Gasteiger partial charge >= 0.3 is 0 Å². The van der Waals surface area contributed by atoms with E-state index in [9.17, 15) is 13.2 Å². The summed E-state index contributed by atoms with van der Waals surface area (Å²) in [6.45, 7) is 2.52. The molecule has 0 bridgehead atoms. The van der Waals surface area contributed by atoms with Gasteiger partial charge in [-0.05, 0) is 55.5 Å². The molecule has 0 unspecified atom stereocenters. The van der Waals surface area contributed by atoms with Crippen LogP contribution in [-0.4, -0.2) is 27.1 Å². The Labute approximate surface area is 155 Å². The number of hydrogen-bond donors (Lipinski definition) is 1. The van der Waals surface area contributed by atoms with Gasteiger partial charge in [-0.2, -0.15) is 0 Å². The number of fused-ring (bicyclic) bond motifs is 1. The van der Waals surface area contributed by atoms with Crippen molar-refractivity contribution in [1.29, 1.82) is 0 Å². The van der Waals surface area contributed by atoms with Crippen molar-refractivity contribution >= 4 is 27.3 Å². The van der Waals surface area contributed by atoms with Crippen LogP contribution in [0.4, 0.5) is 11.4 Å². The summed E-state index contributed by atoms with van der Waals surface area (Å²) >= 11 is 0. The lowest BCUT2D eigenvalue weighted by Gasteiger charge is -2.16. The molecule has 2 aromatic carbocycles. The minimum atomic E-state index is -3.25. The van der Waals surface area contributed by atoms with Crippen molar-refractivity contribution < 1.29 is 13.2 Å². The molecule has 1 aliphatic rings. The van der Waals surface area contributed by atoms with Crippen molar-refractivity contribution in [3.63, 3.8) is 0 Å². The fraction of sp³-hybridized carbons (Fsp3) is 0.350. The molecule has 0 aliphatic carbocycles. The van der Waals surface area contributed by atoms with Gasteiger partial charge in [-0.25, -0.2) is 8.42 Å². The summed E-state index contributed by atoms with van der Waals surface area (Å²) in [5, 5.41) is 2.91. The van der Waals surface area contributed by atoms with Gasteiger partial charge in [0.2, 0.25) is 15.9 Å². The van der Waals surface area contributed by atoms with Crippen LogP contribution in [0.3, 0.4) is 0 Å². The van der Waals surface area contributed by atoms with Crippen molar-refractivity contribution in [1.82, 2.24) is 0 Å². The van der Waals surface area contributed by atoms with Gasteiger partial charge in [-0.1, -0.05) is 29.8 Å². The van der Waals surface area contributed by atoms with Crippen LogP contribution in [0.2, 0.25) is 0 Å². The van der Waals surface area contributed by atoms with Gasteiger partial charge in [0.25, 0.3) is 0 Å². The lowest BCUT2D eigenvalue weighted by Crippen LogP contribution is -2.27. The molecular weight excluding hydrogens is 348 g/mol. The number of carbonyl (C=O) groups is 1. The quantitative estimate of drug-likeness (QED) is 0.846. The molecule has 0 saturated carbocycles. The third-order valence-electron chi connectivity index (χ3n) is 4.61. The predicted molar refractivity (Wildman–Crippen MR) is 105 cm³/mol. The number of anilines is 2. The van der Waals surface area contributed by atoms with Crippen LogP contribution < -0.4 is 9.62 Å². The van der Waals surface area contributed by atoms with E-state index in [0.29, 0.717) is 25.1 Å². The highest BCUT2D eigenvalue weighted by Crippen LogP contribution is 2.32. The fourth-order valence-electron chi connectivity index (χ4n) is 3.23. The van der Waals surface area contributed by atoms with Crippen LogP contribution in [0.1, 0.15) is 29.5 Å². The maximum Gasteiger partial charge on any atom is 0.232 e. The highest BCUT2D eigenvalue weighted by Gasteiger charge is 2.26. The molecule has 5 nitrogen and oxygen atoms in total. The number of benzene rings is 2. The Bertz CT molecular complexity index is 905. The first-order valence-electron chi connectivity index (χ1n) is 8.79. The van der Waals surface area contributed by atoms with Gasteiger partial charge in [-0.3, -0.25) is 9.10 Å². The molecule has 0 saturated heterocycles.